The van der Waals surface area contributed by atoms with E-state index in [1.54, 1.807) is 0 Å². The third-order valence-corrected chi connectivity index (χ3v) is 10.1. The van der Waals surface area contributed by atoms with Crippen LogP contribution in [0.5, 0.6) is 0 Å². The molecule has 0 spiro atoms. The molecule has 0 aliphatic carbocycles. The highest BCUT2D eigenvalue weighted by Gasteiger charge is 2.19. The number of carbonyl (C=O) groups excluding carboxylic acids is 3. The fourth-order valence-electron chi connectivity index (χ4n) is 6.68. The van der Waals surface area contributed by atoms with E-state index in [1.165, 1.54) is 148 Å². The molecule has 6 heteroatoms. The van der Waals surface area contributed by atoms with Crippen LogP contribution in [0.25, 0.3) is 0 Å². The number of esters is 3. The van der Waals surface area contributed by atoms with Crippen LogP contribution in [-0.4, -0.2) is 37.2 Å². The fraction of sp³-hybridized carbons (Fsp3) is 0.933. The van der Waals surface area contributed by atoms with Gasteiger partial charge >= 0.3 is 17.9 Å². The molecule has 0 rings (SSSR count). The van der Waals surface area contributed by atoms with Gasteiger partial charge in [0, 0.05) is 19.3 Å². The van der Waals surface area contributed by atoms with E-state index < -0.39 is 6.10 Å². The maximum atomic E-state index is 12.5. The molecule has 0 saturated heterocycles. The predicted molar refractivity (Wildman–Crippen MR) is 215 cm³/mol. The zero-order chi connectivity index (χ0) is 37.3. The Bertz CT molecular complexity index is 753. The van der Waals surface area contributed by atoms with Crippen LogP contribution < -0.4 is 0 Å². The molecule has 0 aromatic carbocycles. The molecule has 0 amide bonds. The minimum atomic E-state index is -0.755. The van der Waals surface area contributed by atoms with Gasteiger partial charge < -0.3 is 14.2 Å². The van der Waals surface area contributed by atoms with Crippen molar-refractivity contribution < 1.29 is 28.6 Å². The van der Waals surface area contributed by atoms with Crippen molar-refractivity contribution in [2.45, 2.75) is 258 Å². The average molecular weight is 723 g/mol. The molecular weight excluding hydrogens is 636 g/mol. The van der Waals surface area contributed by atoms with Gasteiger partial charge in [0.25, 0.3) is 0 Å². The number of unbranched alkanes of at least 4 members (excludes halogenated alkanes) is 30. The van der Waals surface area contributed by atoms with Crippen LogP contribution >= 0.6 is 0 Å². The first-order valence-corrected chi connectivity index (χ1v) is 22.5. The standard InChI is InChI=1S/C45H86O6/c1-4-7-10-13-15-16-17-18-19-20-21-22-23-24-25-26-27-28-30-32-35-38-44(47)50-41-42(40-49-43(46)37-34-31-12-9-6-3)51-45(48)39-36-33-29-14-11-8-5-2/h42H,4-41H2,1-3H3. The highest BCUT2D eigenvalue weighted by Crippen LogP contribution is 2.16. The lowest BCUT2D eigenvalue weighted by molar-refractivity contribution is -0.167. The van der Waals surface area contributed by atoms with Gasteiger partial charge in [0.15, 0.2) is 6.10 Å². The van der Waals surface area contributed by atoms with Crippen LogP contribution in [0.15, 0.2) is 0 Å². The summed E-state index contributed by atoms with van der Waals surface area (Å²) in [6.45, 7) is 6.53. The van der Waals surface area contributed by atoms with Crippen molar-refractivity contribution in [2.24, 2.45) is 0 Å². The van der Waals surface area contributed by atoms with E-state index in [9.17, 15) is 14.4 Å². The molecule has 1 unspecified atom stereocenters. The third kappa shape index (κ3) is 39.5. The minimum absolute atomic E-state index is 0.0649. The third-order valence-electron chi connectivity index (χ3n) is 10.1. The second-order valence-corrected chi connectivity index (χ2v) is 15.3. The number of hydrogen-bond donors (Lipinski definition) is 0. The molecule has 0 N–H and O–H groups in total. The molecule has 51 heavy (non-hydrogen) atoms. The molecule has 0 radical (unpaired) electrons. The van der Waals surface area contributed by atoms with E-state index in [2.05, 4.69) is 20.8 Å². The Kier molecular flexibility index (Phi) is 39.9. The van der Waals surface area contributed by atoms with Crippen LogP contribution in [0.1, 0.15) is 252 Å². The highest BCUT2D eigenvalue weighted by atomic mass is 16.6. The molecule has 0 aromatic heterocycles. The average Bonchev–Trinajstić information content (AvgIpc) is 3.12. The quantitative estimate of drug-likeness (QED) is 0.0355. The van der Waals surface area contributed by atoms with Crippen LogP contribution in [0.2, 0.25) is 0 Å². The van der Waals surface area contributed by atoms with Crippen molar-refractivity contribution in [3.05, 3.63) is 0 Å². The molecule has 0 fully saturated rings. The summed E-state index contributed by atoms with van der Waals surface area (Å²) < 4.78 is 16.5. The van der Waals surface area contributed by atoms with Gasteiger partial charge in [-0.15, -0.1) is 0 Å². The Labute approximate surface area is 317 Å². The van der Waals surface area contributed by atoms with Gasteiger partial charge in [0.1, 0.15) is 13.2 Å². The number of hydrogen-bond acceptors (Lipinski definition) is 6. The van der Waals surface area contributed by atoms with E-state index in [4.69, 9.17) is 14.2 Å². The van der Waals surface area contributed by atoms with Crippen molar-refractivity contribution in [1.82, 2.24) is 0 Å². The van der Waals surface area contributed by atoms with Crippen molar-refractivity contribution in [1.29, 1.82) is 0 Å². The van der Waals surface area contributed by atoms with E-state index in [0.717, 1.165) is 64.2 Å². The molecule has 0 aliphatic heterocycles. The van der Waals surface area contributed by atoms with Crippen LogP contribution in [0.3, 0.4) is 0 Å². The SMILES string of the molecule is CCCCCCCCCCCCCCCCCCCCCCCC(=O)OCC(COC(=O)CCCCCCC)OC(=O)CCCCCCCCC. The molecule has 302 valence electrons. The maximum absolute atomic E-state index is 12.5. The summed E-state index contributed by atoms with van der Waals surface area (Å²) in [5.74, 6) is -0.877. The first-order chi connectivity index (χ1) is 25.0. The summed E-state index contributed by atoms with van der Waals surface area (Å²) in [6.07, 6.45) is 41.4. The lowest BCUT2D eigenvalue weighted by atomic mass is 10.0. The Morgan fingerprint density at radius 1 is 0.314 bits per heavy atom. The predicted octanol–water partition coefficient (Wildman–Crippen LogP) is 14.1. The van der Waals surface area contributed by atoms with Gasteiger partial charge in [-0.2, -0.15) is 0 Å². The minimum Gasteiger partial charge on any atom is -0.462 e. The van der Waals surface area contributed by atoms with Gasteiger partial charge in [0.2, 0.25) is 0 Å². The molecule has 6 nitrogen and oxygen atoms in total. The van der Waals surface area contributed by atoms with E-state index >= 15 is 0 Å². The van der Waals surface area contributed by atoms with E-state index in [1.807, 2.05) is 0 Å². The first-order valence-electron chi connectivity index (χ1n) is 22.5. The molecule has 1 atom stereocenters. The normalized spacial score (nSPS) is 11.8. The summed E-state index contributed by atoms with van der Waals surface area (Å²) >= 11 is 0. The Balaban J connectivity index is 3.97. The Hall–Kier alpha value is -1.59. The summed E-state index contributed by atoms with van der Waals surface area (Å²) in [5.41, 5.74) is 0. The first kappa shape index (κ1) is 49.4. The van der Waals surface area contributed by atoms with Crippen LogP contribution in [0.4, 0.5) is 0 Å². The monoisotopic (exact) mass is 723 g/mol. The van der Waals surface area contributed by atoms with Gasteiger partial charge in [0.05, 0.1) is 0 Å². The van der Waals surface area contributed by atoms with Crippen LogP contribution in [0, 0.1) is 0 Å². The van der Waals surface area contributed by atoms with Gasteiger partial charge in [-0.25, -0.2) is 0 Å². The summed E-state index contributed by atoms with van der Waals surface area (Å²) in [4.78, 5) is 37.2. The Morgan fingerprint density at radius 3 is 0.784 bits per heavy atom. The van der Waals surface area contributed by atoms with Crippen LogP contribution in [-0.2, 0) is 28.6 Å². The molecule has 0 saturated carbocycles. The zero-order valence-corrected chi connectivity index (χ0v) is 34.4. The lowest BCUT2D eigenvalue weighted by Gasteiger charge is -2.18. The molecular formula is C45H86O6. The molecule has 0 aromatic rings. The van der Waals surface area contributed by atoms with Crippen molar-refractivity contribution >= 4 is 17.9 Å². The van der Waals surface area contributed by atoms with Gasteiger partial charge in [-0.05, 0) is 19.3 Å². The fourth-order valence-corrected chi connectivity index (χ4v) is 6.68. The Morgan fingerprint density at radius 2 is 0.529 bits per heavy atom. The summed E-state index contributed by atoms with van der Waals surface area (Å²) in [5, 5.41) is 0. The maximum Gasteiger partial charge on any atom is 0.306 e. The number of carbonyl (C=O) groups is 3. The second kappa shape index (κ2) is 41.2. The summed E-state index contributed by atoms with van der Waals surface area (Å²) in [7, 11) is 0. The number of rotatable bonds is 41. The lowest BCUT2D eigenvalue weighted by Crippen LogP contribution is -2.30. The van der Waals surface area contributed by atoms with Crippen molar-refractivity contribution in [2.75, 3.05) is 13.2 Å². The van der Waals surface area contributed by atoms with Crippen molar-refractivity contribution in [3.8, 4) is 0 Å². The topological polar surface area (TPSA) is 78.9 Å². The zero-order valence-electron chi connectivity index (χ0n) is 34.4. The molecule has 0 bridgehead atoms. The van der Waals surface area contributed by atoms with Crippen molar-refractivity contribution in [3.63, 3.8) is 0 Å². The smallest absolute Gasteiger partial charge is 0.306 e. The van der Waals surface area contributed by atoms with E-state index in [-0.39, 0.29) is 31.1 Å². The largest absolute Gasteiger partial charge is 0.462 e. The molecule has 0 heterocycles. The number of ether oxygens (including phenoxy) is 3. The highest BCUT2D eigenvalue weighted by molar-refractivity contribution is 5.71. The second-order valence-electron chi connectivity index (χ2n) is 15.3. The van der Waals surface area contributed by atoms with Gasteiger partial charge in [-0.3, -0.25) is 14.4 Å². The summed E-state index contributed by atoms with van der Waals surface area (Å²) in [6, 6.07) is 0. The molecule has 0 aliphatic rings. The van der Waals surface area contributed by atoms with Gasteiger partial charge in [-0.1, -0.05) is 213 Å². The van der Waals surface area contributed by atoms with E-state index in [0.29, 0.717) is 19.3 Å².